The number of nitrogens with one attached hydrogen (secondary N) is 1. The standard InChI is InChI=1S/C14H19FN2O2/c1-19-13-5-2-9(8-12(13)15)11(6-7-16)14(18)17-10-3-4-10/h2,5,8,10-11H,3-4,6-7,16H2,1H3,(H,17,18). The molecule has 1 amide bonds. The molecule has 5 heteroatoms. The highest BCUT2D eigenvalue weighted by Gasteiger charge is 2.28. The summed E-state index contributed by atoms with van der Waals surface area (Å²) in [6, 6.07) is 4.90. The highest BCUT2D eigenvalue weighted by atomic mass is 19.1. The summed E-state index contributed by atoms with van der Waals surface area (Å²) < 4.78 is 18.6. The Labute approximate surface area is 112 Å². The normalized spacial score (nSPS) is 15.9. The predicted molar refractivity (Wildman–Crippen MR) is 70.5 cm³/mol. The first kappa shape index (κ1) is 13.8. The van der Waals surface area contributed by atoms with Crippen molar-refractivity contribution in [1.29, 1.82) is 0 Å². The second kappa shape index (κ2) is 6.02. The van der Waals surface area contributed by atoms with Crippen LogP contribution in [0.2, 0.25) is 0 Å². The summed E-state index contributed by atoms with van der Waals surface area (Å²) in [6.45, 7) is 0.385. The Morgan fingerprint density at radius 3 is 2.84 bits per heavy atom. The van der Waals surface area contributed by atoms with E-state index in [4.69, 9.17) is 10.5 Å². The maximum absolute atomic E-state index is 13.7. The average molecular weight is 266 g/mol. The summed E-state index contributed by atoms with van der Waals surface area (Å²) in [4.78, 5) is 12.1. The van der Waals surface area contributed by atoms with Crippen molar-refractivity contribution in [3.63, 3.8) is 0 Å². The number of hydrogen-bond donors (Lipinski definition) is 2. The van der Waals surface area contributed by atoms with Crippen molar-refractivity contribution < 1.29 is 13.9 Å². The van der Waals surface area contributed by atoms with Crippen LogP contribution in [-0.4, -0.2) is 25.6 Å². The van der Waals surface area contributed by atoms with E-state index in [0.29, 0.717) is 18.5 Å². The molecule has 104 valence electrons. The van der Waals surface area contributed by atoms with Gasteiger partial charge in [0, 0.05) is 6.04 Å². The van der Waals surface area contributed by atoms with Gasteiger partial charge in [-0.2, -0.15) is 0 Å². The van der Waals surface area contributed by atoms with Crippen LogP contribution in [0.1, 0.15) is 30.7 Å². The van der Waals surface area contributed by atoms with E-state index >= 15 is 0 Å². The Balaban J connectivity index is 2.16. The summed E-state index contributed by atoms with van der Waals surface area (Å²) in [6.07, 6.45) is 2.56. The first-order valence-corrected chi connectivity index (χ1v) is 6.49. The van der Waals surface area contributed by atoms with Crippen LogP contribution >= 0.6 is 0 Å². The summed E-state index contributed by atoms with van der Waals surface area (Å²) >= 11 is 0. The molecule has 0 saturated heterocycles. The number of rotatable bonds is 6. The van der Waals surface area contributed by atoms with Gasteiger partial charge in [-0.1, -0.05) is 6.07 Å². The van der Waals surface area contributed by atoms with Crippen molar-refractivity contribution in [3.8, 4) is 5.75 Å². The number of benzene rings is 1. The molecule has 19 heavy (non-hydrogen) atoms. The van der Waals surface area contributed by atoms with E-state index in [-0.39, 0.29) is 17.7 Å². The van der Waals surface area contributed by atoms with Crippen LogP contribution in [0.25, 0.3) is 0 Å². The molecule has 1 aliphatic rings. The van der Waals surface area contributed by atoms with Gasteiger partial charge in [-0.3, -0.25) is 4.79 Å². The molecule has 0 aromatic heterocycles. The second-order valence-corrected chi connectivity index (χ2v) is 4.81. The molecule has 1 unspecified atom stereocenters. The van der Waals surface area contributed by atoms with Gasteiger partial charge in [0.25, 0.3) is 0 Å². The first-order valence-electron chi connectivity index (χ1n) is 6.49. The zero-order chi connectivity index (χ0) is 13.8. The monoisotopic (exact) mass is 266 g/mol. The van der Waals surface area contributed by atoms with E-state index in [9.17, 15) is 9.18 Å². The third-order valence-corrected chi connectivity index (χ3v) is 3.27. The summed E-state index contributed by atoms with van der Waals surface area (Å²) in [5.74, 6) is -0.748. The molecule has 1 aromatic carbocycles. The van der Waals surface area contributed by atoms with E-state index in [1.807, 2.05) is 0 Å². The minimum absolute atomic E-state index is 0.0717. The molecular formula is C14H19FN2O2. The van der Waals surface area contributed by atoms with E-state index in [1.165, 1.54) is 13.2 Å². The molecule has 1 aliphatic carbocycles. The van der Waals surface area contributed by atoms with E-state index in [2.05, 4.69) is 5.32 Å². The first-order chi connectivity index (χ1) is 9.15. The highest BCUT2D eigenvalue weighted by molar-refractivity contribution is 5.84. The molecule has 0 heterocycles. The quantitative estimate of drug-likeness (QED) is 0.821. The maximum Gasteiger partial charge on any atom is 0.227 e. The molecule has 1 atom stereocenters. The number of carbonyl (C=O) groups is 1. The summed E-state index contributed by atoms with van der Waals surface area (Å²) in [7, 11) is 1.41. The van der Waals surface area contributed by atoms with Crippen LogP contribution in [0.3, 0.4) is 0 Å². The van der Waals surface area contributed by atoms with Gasteiger partial charge in [-0.05, 0) is 43.5 Å². The lowest BCUT2D eigenvalue weighted by Crippen LogP contribution is -2.32. The van der Waals surface area contributed by atoms with Gasteiger partial charge >= 0.3 is 0 Å². The topological polar surface area (TPSA) is 64.3 Å². The zero-order valence-electron chi connectivity index (χ0n) is 11.0. The van der Waals surface area contributed by atoms with Crippen LogP contribution in [0.5, 0.6) is 5.75 Å². The Morgan fingerprint density at radius 2 is 2.32 bits per heavy atom. The van der Waals surface area contributed by atoms with E-state index in [1.54, 1.807) is 12.1 Å². The highest BCUT2D eigenvalue weighted by Crippen LogP contribution is 2.27. The van der Waals surface area contributed by atoms with Crippen LogP contribution in [0.4, 0.5) is 4.39 Å². The van der Waals surface area contributed by atoms with Gasteiger partial charge in [-0.15, -0.1) is 0 Å². The van der Waals surface area contributed by atoms with Gasteiger partial charge in [0.05, 0.1) is 13.0 Å². The lowest BCUT2D eigenvalue weighted by atomic mass is 9.94. The van der Waals surface area contributed by atoms with E-state index < -0.39 is 11.7 Å². The third kappa shape index (κ3) is 3.44. The Kier molecular flexibility index (Phi) is 4.37. The Hall–Kier alpha value is -1.62. The number of nitrogens with two attached hydrogens (primary N) is 1. The number of carbonyl (C=O) groups excluding carboxylic acids is 1. The van der Waals surface area contributed by atoms with Gasteiger partial charge in [0.15, 0.2) is 11.6 Å². The van der Waals surface area contributed by atoms with Crippen molar-refractivity contribution >= 4 is 5.91 Å². The molecule has 0 spiro atoms. The molecule has 0 bridgehead atoms. The average Bonchev–Trinajstić information content (AvgIpc) is 3.19. The van der Waals surface area contributed by atoms with Crippen LogP contribution in [0, 0.1) is 5.82 Å². The molecule has 0 radical (unpaired) electrons. The van der Waals surface area contributed by atoms with Crippen molar-refractivity contribution in [2.24, 2.45) is 5.73 Å². The van der Waals surface area contributed by atoms with Gasteiger partial charge < -0.3 is 15.8 Å². The number of amides is 1. The molecular weight excluding hydrogens is 247 g/mol. The largest absolute Gasteiger partial charge is 0.494 e. The molecule has 3 N–H and O–H groups in total. The lowest BCUT2D eigenvalue weighted by Gasteiger charge is -2.17. The zero-order valence-corrected chi connectivity index (χ0v) is 11.0. The number of ether oxygens (including phenoxy) is 1. The molecule has 4 nitrogen and oxygen atoms in total. The fraction of sp³-hybridized carbons (Fsp3) is 0.500. The fourth-order valence-electron chi connectivity index (χ4n) is 2.04. The molecule has 1 saturated carbocycles. The third-order valence-electron chi connectivity index (χ3n) is 3.27. The fourth-order valence-corrected chi connectivity index (χ4v) is 2.04. The number of halogens is 1. The molecule has 1 aromatic rings. The number of methoxy groups -OCH3 is 1. The number of hydrogen-bond acceptors (Lipinski definition) is 3. The van der Waals surface area contributed by atoms with Crippen molar-refractivity contribution in [1.82, 2.24) is 5.32 Å². The van der Waals surface area contributed by atoms with E-state index in [0.717, 1.165) is 12.8 Å². The van der Waals surface area contributed by atoms with Gasteiger partial charge in [-0.25, -0.2) is 4.39 Å². The van der Waals surface area contributed by atoms with Gasteiger partial charge in [0.2, 0.25) is 5.91 Å². The Morgan fingerprint density at radius 1 is 1.58 bits per heavy atom. The van der Waals surface area contributed by atoms with Gasteiger partial charge in [0.1, 0.15) is 0 Å². The van der Waals surface area contributed by atoms with Crippen LogP contribution in [0.15, 0.2) is 18.2 Å². The molecule has 1 fully saturated rings. The minimum Gasteiger partial charge on any atom is -0.494 e. The predicted octanol–water partition coefficient (Wildman–Crippen LogP) is 1.55. The van der Waals surface area contributed by atoms with Crippen molar-refractivity contribution in [3.05, 3.63) is 29.6 Å². The van der Waals surface area contributed by atoms with Crippen molar-refractivity contribution in [2.45, 2.75) is 31.2 Å². The Bertz CT molecular complexity index is 461. The second-order valence-electron chi connectivity index (χ2n) is 4.81. The lowest BCUT2D eigenvalue weighted by molar-refractivity contribution is -0.122. The minimum atomic E-state index is -0.457. The van der Waals surface area contributed by atoms with Crippen LogP contribution < -0.4 is 15.8 Å². The smallest absolute Gasteiger partial charge is 0.227 e. The molecule has 2 rings (SSSR count). The van der Waals surface area contributed by atoms with Crippen molar-refractivity contribution in [2.75, 3.05) is 13.7 Å². The summed E-state index contributed by atoms with van der Waals surface area (Å²) in [5.41, 5.74) is 6.19. The SMILES string of the molecule is COc1ccc(C(CCN)C(=O)NC2CC2)cc1F. The summed E-state index contributed by atoms with van der Waals surface area (Å²) in [5, 5.41) is 2.94. The van der Waals surface area contributed by atoms with Crippen LogP contribution in [-0.2, 0) is 4.79 Å². The molecule has 0 aliphatic heterocycles. The maximum atomic E-state index is 13.7.